The highest BCUT2D eigenvalue weighted by molar-refractivity contribution is 5.80. The van der Waals surface area contributed by atoms with Gasteiger partial charge in [-0.25, -0.2) is 0 Å². The van der Waals surface area contributed by atoms with Gasteiger partial charge in [0.1, 0.15) is 0 Å². The summed E-state index contributed by atoms with van der Waals surface area (Å²) in [6.07, 6.45) is 4.19. The highest BCUT2D eigenvalue weighted by atomic mass is 16.3. The van der Waals surface area contributed by atoms with Crippen molar-refractivity contribution in [3.63, 3.8) is 0 Å². The first kappa shape index (κ1) is 20.6. The second kappa shape index (κ2) is 8.68. The molecular weight excluding hydrogens is 404 g/mol. The van der Waals surface area contributed by atoms with E-state index < -0.39 is 5.92 Å². The van der Waals surface area contributed by atoms with Gasteiger partial charge in [-0.3, -0.25) is 14.6 Å². The summed E-state index contributed by atoms with van der Waals surface area (Å²) < 4.78 is 1.78. The monoisotopic (exact) mass is 430 g/mol. The number of aliphatic hydroxyl groups is 1. The highest BCUT2D eigenvalue weighted by Crippen LogP contribution is 2.41. The van der Waals surface area contributed by atoms with E-state index in [0.717, 1.165) is 16.8 Å². The summed E-state index contributed by atoms with van der Waals surface area (Å²) in [6.45, 7) is 0.844. The Morgan fingerprint density at radius 1 is 1.12 bits per heavy atom. The van der Waals surface area contributed by atoms with E-state index in [1.54, 1.807) is 17.0 Å². The Hall–Kier alpha value is -3.29. The average molecular weight is 431 g/mol. The van der Waals surface area contributed by atoms with Crippen molar-refractivity contribution in [1.29, 1.82) is 0 Å². The average Bonchev–Trinajstić information content (AvgIpc) is 3.13. The van der Waals surface area contributed by atoms with Crippen LogP contribution in [-0.4, -0.2) is 39.8 Å². The number of aliphatic hydroxyl groups excluding tert-OH is 1. The fourth-order valence-electron chi connectivity index (χ4n) is 5.08. The summed E-state index contributed by atoms with van der Waals surface area (Å²) >= 11 is 0. The van der Waals surface area contributed by atoms with Gasteiger partial charge in [0.2, 0.25) is 5.91 Å². The summed E-state index contributed by atoms with van der Waals surface area (Å²) in [5, 5.41) is 16.6. The molecule has 1 aromatic carbocycles. The van der Waals surface area contributed by atoms with E-state index in [1.165, 1.54) is 0 Å². The predicted molar refractivity (Wildman–Crippen MR) is 121 cm³/mol. The topological polar surface area (TPSA) is 96.2 Å². The van der Waals surface area contributed by atoms with Crippen LogP contribution in [0.5, 0.6) is 0 Å². The van der Waals surface area contributed by atoms with Crippen molar-refractivity contribution in [2.24, 2.45) is 11.8 Å². The Bertz CT molecular complexity index is 1160. The van der Waals surface area contributed by atoms with Crippen molar-refractivity contribution in [2.45, 2.75) is 25.0 Å². The van der Waals surface area contributed by atoms with E-state index in [4.69, 9.17) is 0 Å². The number of pyridine rings is 2. The van der Waals surface area contributed by atoms with Crippen molar-refractivity contribution in [3.05, 3.63) is 88.6 Å². The first-order valence-corrected chi connectivity index (χ1v) is 11.0. The number of carbonyl (C=O) groups excluding carboxylic acids is 1. The lowest BCUT2D eigenvalue weighted by Gasteiger charge is -2.28. The zero-order valence-corrected chi connectivity index (χ0v) is 17.6. The van der Waals surface area contributed by atoms with Crippen LogP contribution in [0.25, 0.3) is 11.1 Å². The quantitative estimate of drug-likeness (QED) is 0.551. The van der Waals surface area contributed by atoms with Crippen LogP contribution < -0.4 is 16.2 Å². The Labute approximate surface area is 186 Å². The number of hydrogen-bond acceptors (Lipinski definition) is 5. The Kier molecular flexibility index (Phi) is 5.59. The van der Waals surface area contributed by atoms with Crippen LogP contribution in [0.1, 0.15) is 17.3 Å². The molecular formula is C25H26N4O3. The number of nitrogens with one attached hydrogen (secondary N) is 2. The maximum atomic E-state index is 13.3. The zero-order valence-electron chi connectivity index (χ0n) is 17.6. The summed E-state index contributed by atoms with van der Waals surface area (Å²) in [7, 11) is 0. The summed E-state index contributed by atoms with van der Waals surface area (Å²) in [4.78, 5) is 30.5. The first-order chi connectivity index (χ1) is 15.7. The van der Waals surface area contributed by atoms with Crippen molar-refractivity contribution < 1.29 is 9.90 Å². The first-order valence-electron chi connectivity index (χ1n) is 11.0. The molecule has 1 saturated heterocycles. The molecule has 7 nitrogen and oxygen atoms in total. The fraction of sp³-hybridized carbons (Fsp3) is 0.320. The molecule has 2 aliphatic heterocycles. The second-order valence-electron chi connectivity index (χ2n) is 8.47. The Morgan fingerprint density at radius 2 is 1.91 bits per heavy atom. The largest absolute Gasteiger partial charge is 0.396 e. The molecule has 4 heterocycles. The molecule has 2 aliphatic rings. The van der Waals surface area contributed by atoms with Crippen LogP contribution in [0.3, 0.4) is 0 Å². The van der Waals surface area contributed by atoms with E-state index in [0.29, 0.717) is 25.1 Å². The van der Waals surface area contributed by atoms with Gasteiger partial charge < -0.3 is 20.3 Å². The third kappa shape index (κ3) is 3.63. The van der Waals surface area contributed by atoms with Gasteiger partial charge in [0, 0.05) is 55.3 Å². The molecule has 2 aromatic heterocycles. The Balaban J connectivity index is 1.40. The van der Waals surface area contributed by atoms with Gasteiger partial charge in [0.15, 0.2) is 0 Å². The molecule has 2 bridgehead atoms. The fourth-order valence-corrected chi connectivity index (χ4v) is 5.08. The highest BCUT2D eigenvalue weighted by Gasteiger charge is 2.50. The van der Waals surface area contributed by atoms with Crippen LogP contribution in [0, 0.1) is 11.8 Å². The van der Waals surface area contributed by atoms with Crippen LogP contribution in [0.4, 0.5) is 0 Å². The lowest BCUT2D eigenvalue weighted by molar-refractivity contribution is -0.127. The minimum atomic E-state index is -0.432. The molecule has 0 spiro atoms. The van der Waals surface area contributed by atoms with Crippen molar-refractivity contribution in [3.8, 4) is 11.1 Å². The van der Waals surface area contributed by atoms with Crippen molar-refractivity contribution in [1.82, 2.24) is 20.2 Å². The van der Waals surface area contributed by atoms with Crippen LogP contribution in [0.15, 0.2) is 71.8 Å². The maximum Gasteiger partial charge on any atom is 0.258 e. The summed E-state index contributed by atoms with van der Waals surface area (Å²) in [5.41, 5.74) is 3.38. The summed E-state index contributed by atoms with van der Waals surface area (Å²) in [5.74, 6) is -0.773. The molecule has 1 fully saturated rings. The van der Waals surface area contributed by atoms with Crippen molar-refractivity contribution >= 4 is 5.91 Å². The third-order valence-electron chi connectivity index (χ3n) is 6.70. The maximum absolute atomic E-state index is 13.3. The number of aromatic nitrogens is 2. The number of fused-ring (bicyclic) bond motifs is 4. The number of amides is 1. The van der Waals surface area contributed by atoms with E-state index in [2.05, 4.69) is 15.6 Å². The van der Waals surface area contributed by atoms with Crippen LogP contribution in [0.2, 0.25) is 0 Å². The molecule has 4 atom stereocenters. The molecule has 164 valence electrons. The van der Waals surface area contributed by atoms with Gasteiger partial charge in [-0.15, -0.1) is 0 Å². The van der Waals surface area contributed by atoms with E-state index in [9.17, 15) is 14.7 Å². The second-order valence-corrected chi connectivity index (χ2v) is 8.47. The van der Waals surface area contributed by atoms with E-state index in [1.807, 2.05) is 54.6 Å². The predicted octanol–water partition coefficient (Wildman–Crippen LogP) is 1.52. The van der Waals surface area contributed by atoms with Gasteiger partial charge in [-0.1, -0.05) is 30.3 Å². The van der Waals surface area contributed by atoms with Gasteiger partial charge in [0.25, 0.3) is 5.56 Å². The SMILES string of the molecule is O=C(NCCc1ccncc1)[C@H]1[C@H](CO)[C@H]2Cn3c(ccc(-c4ccccc4)c3=O)[C@@H]1N2. The molecule has 0 aliphatic carbocycles. The zero-order chi connectivity index (χ0) is 22.1. The molecule has 0 saturated carbocycles. The normalized spacial score (nSPS) is 23.5. The van der Waals surface area contributed by atoms with E-state index in [-0.39, 0.29) is 36.1 Å². The molecule has 0 radical (unpaired) electrons. The molecule has 0 unspecified atom stereocenters. The third-order valence-corrected chi connectivity index (χ3v) is 6.70. The number of nitrogens with zero attached hydrogens (tertiary/aromatic N) is 2. The minimum Gasteiger partial charge on any atom is -0.396 e. The molecule has 1 amide bonds. The number of benzene rings is 1. The Morgan fingerprint density at radius 3 is 2.66 bits per heavy atom. The van der Waals surface area contributed by atoms with Crippen LogP contribution in [-0.2, 0) is 17.8 Å². The lowest BCUT2D eigenvalue weighted by Crippen LogP contribution is -2.43. The van der Waals surface area contributed by atoms with Gasteiger partial charge in [-0.2, -0.15) is 0 Å². The van der Waals surface area contributed by atoms with E-state index >= 15 is 0 Å². The minimum absolute atomic E-state index is 0.0550. The van der Waals surface area contributed by atoms with Crippen LogP contribution >= 0.6 is 0 Å². The molecule has 3 aromatic rings. The number of hydrogen-bond donors (Lipinski definition) is 3. The van der Waals surface area contributed by atoms with Gasteiger partial charge in [0.05, 0.1) is 12.0 Å². The van der Waals surface area contributed by atoms with Gasteiger partial charge in [-0.05, 0) is 41.8 Å². The molecule has 32 heavy (non-hydrogen) atoms. The van der Waals surface area contributed by atoms with Gasteiger partial charge >= 0.3 is 0 Å². The summed E-state index contributed by atoms with van der Waals surface area (Å²) in [6, 6.07) is 16.8. The number of carbonyl (C=O) groups is 1. The van der Waals surface area contributed by atoms with Crippen molar-refractivity contribution in [2.75, 3.05) is 13.2 Å². The molecule has 3 N–H and O–H groups in total. The molecule has 5 rings (SSSR count). The smallest absolute Gasteiger partial charge is 0.258 e. The number of rotatable bonds is 6. The molecule has 7 heteroatoms. The lowest BCUT2D eigenvalue weighted by atomic mass is 9.86. The standard InChI is InChI=1S/C25H26N4O3/c30-15-19-20-14-29-21(7-6-18(25(29)32)17-4-2-1-3-5-17)23(28-20)22(19)24(31)27-13-10-16-8-11-26-12-9-16/h1-9,11-12,19-20,22-23,28,30H,10,13-15H2,(H,27,31)/t19-,20-,22+,23+/m1/s1.